The number of hydrogen-bond donors (Lipinski definition) is 1. The molecule has 2 aromatic carbocycles. The van der Waals surface area contributed by atoms with Crippen LogP contribution in [0.2, 0.25) is 5.02 Å². The normalized spacial score (nSPS) is 17.3. The standard InChI is InChI=1S/C24H30ClN3O2/c1-18(21-10-6-7-11-22(21)25)28-14-12-27(13-15-28)17-24(30)26-23(19(2)29)16-20-8-4-3-5-9-20/h3-11,18,23H,12-17H2,1-2H3,(H,26,30). The van der Waals surface area contributed by atoms with Gasteiger partial charge in [0.05, 0.1) is 12.6 Å². The van der Waals surface area contributed by atoms with Crippen LogP contribution in [-0.2, 0) is 16.0 Å². The van der Waals surface area contributed by atoms with Crippen molar-refractivity contribution >= 4 is 23.3 Å². The quantitative estimate of drug-likeness (QED) is 0.702. The maximum Gasteiger partial charge on any atom is 0.234 e. The molecule has 1 amide bonds. The lowest BCUT2D eigenvalue weighted by atomic mass is 10.0. The summed E-state index contributed by atoms with van der Waals surface area (Å²) in [4.78, 5) is 29.1. The summed E-state index contributed by atoms with van der Waals surface area (Å²) in [5, 5.41) is 3.71. The van der Waals surface area contributed by atoms with Crippen LogP contribution in [0.4, 0.5) is 0 Å². The third kappa shape index (κ3) is 6.14. The van der Waals surface area contributed by atoms with Crippen LogP contribution < -0.4 is 5.32 Å². The first-order chi connectivity index (χ1) is 14.4. The lowest BCUT2D eigenvalue weighted by molar-refractivity contribution is -0.127. The highest BCUT2D eigenvalue weighted by atomic mass is 35.5. The predicted octanol–water partition coefficient (Wildman–Crippen LogP) is 3.34. The summed E-state index contributed by atoms with van der Waals surface area (Å²) in [6, 6.07) is 17.5. The Morgan fingerprint density at radius 2 is 1.63 bits per heavy atom. The molecule has 1 aliphatic rings. The van der Waals surface area contributed by atoms with Crippen LogP contribution in [0.3, 0.4) is 0 Å². The van der Waals surface area contributed by atoms with Crippen molar-refractivity contribution in [2.24, 2.45) is 0 Å². The number of carbonyl (C=O) groups excluding carboxylic acids is 2. The van der Waals surface area contributed by atoms with Crippen LogP contribution in [0, 0.1) is 0 Å². The molecule has 0 radical (unpaired) electrons. The average molecular weight is 428 g/mol. The summed E-state index contributed by atoms with van der Waals surface area (Å²) in [7, 11) is 0. The smallest absolute Gasteiger partial charge is 0.234 e. The Labute approximate surface area is 184 Å². The van der Waals surface area contributed by atoms with Crippen LogP contribution in [0.1, 0.15) is 31.0 Å². The van der Waals surface area contributed by atoms with Gasteiger partial charge >= 0.3 is 0 Å². The van der Waals surface area contributed by atoms with Crippen molar-refractivity contribution in [2.45, 2.75) is 32.4 Å². The van der Waals surface area contributed by atoms with Crippen molar-refractivity contribution in [1.29, 1.82) is 0 Å². The lowest BCUT2D eigenvalue weighted by Crippen LogP contribution is -2.51. The van der Waals surface area contributed by atoms with Crippen LogP contribution in [0.25, 0.3) is 0 Å². The fourth-order valence-corrected chi connectivity index (χ4v) is 4.20. The Kier molecular flexibility index (Phi) is 8.02. The SMILES string of the molecule is CC(=O)C(Cc1ccccc1)NC(=O)CN1CCN(C(C)c2ccccc2Cl)CC1. The summed E-state index contributed by atoms with van der Waals surface area (Å²) in [5.74, 6) is -0.121. The Bertz CT molecular complexity index is 851. The van der Waals surface area contributed by atoms with Gasteiger partial charge in [0, 0.05) is 37.2 Å². The van der Waals surface area contributed by atoms with Gasteiger partial charge in [-0.15, -0.1) is 0 Å². The molecule has 1 saturated heterocycles. The van der Waals surface area contributed by atoms with Crippen LogP contribution in [0.15, 0.2) is 54.6 Å². The van der Waals surface area contributed by atoms with E-state index in [-0.39, 0.29) is 17.7 Å². The van der Waals surface area contributed by atoms with Crippen molar-refractivity contribution in [2.75, 3.05) is 32.7 Å². The predicted molar refractivity (Wildman–Crippen MR) is 121 cm³/mol. The molecule has 0 aliphatic carbocycles. The Balaban J connectivity index is 1.48. The van der Waals surface area contributed by atoms with Gasteiger partial charge in [-0.2, -0.15) is 0 Å². The first kappa shape index (κ1) is 22.5. The number of benzene rings is 2. The first-order valence-corrected chi connectivity index (χ1v) is 10.9. The van der Waals surface area contributed by atoms with Crippen molar-refractivity contribution < 1.29 is 9.59 Å². The average Bonchev–Trinajstić information content (AvgIpc) is 2.74. The minimum Gasteiger partial charge on any atom is -0.345 e. The number of halogens is 1. The Morgan fingerprint density at radius 1 is 1.00 bits per heavy atom. The van der Waals surface area contributed by atoms with E-state index in [0.717, 1.165) is 42.3 Å². The third-order valence-corrected chi connectivity index (χ3v) is 6.13. The van der Waals surface area contributed by atoms with Crippen molar-refractivity contribution in [1.82, 2.24) is 15.1 Å². The molecular formula is C24H30ClN3O2. The van der Waals surface area contributed by atoms with E-state index in [1.54, 1.807) is 0 Å². The zero-order chi connectivity index (χ0) is 21.5. The van der Waals surface area contributed by atoms with E-state index in [1.165, 1.54) is 6.92 Å². The maximum absolute atomic E-state index is 12.6. The largest absolute Gasteiger partial charge is 0.345 e. The van der Waals surface area contributed by atoms with Gasteiger partial charge in [-0.05, 0) is 37.5 Å². The maximum atomic E-state index is 12.6. The van der Waals surface area contributed by atoms with E-state index in [9.17, 15) is 9.59 Å². The number of carbonyl (C=O) groups is 2. The third-order valence-electron chi connectivity index (χ3n) is 5.79. The molecule has 0 aromatic heterocycles. The van der Waals surface area contributed by atoms with Gasteiger partial charge in [0.25, 0.3) is 0 Å². The van der Waals surface area contributed by atoms with E-state index in [4.69, 9.17) is 11.6 Å². The van der Waals surface area contributed by atoms with Gasteiger partial charge in [-0.3, -0.25) is 19.4 Å². The van der Waals surface area contributed by atoms with Gasteiger partial charge in [-0.25, -0.2) is 0 Å². The second-order valence-electron chi connectivity index (χ2n) is 7.93. The number of hydrogen-bond acceptors (Lipinski definition) is 4. The van der Waals surface area contributed by atoms with E-state index in [0.29, 0.717) is 13.0 Å². The van der Waals surface area contributed by atoms with E-state index < -0.39 is 6.04 Å². The van der Waals surface area contributed by atoms with E-state index in [1.807, 2.05) is 48.5 Å². The molecule has 30 heavy (non-hydrogen) atoms. The molecule has 160 valence electrons. The second-order valence-corrected chi connectivity index (χ2v) is 8.34. The van der Waals surface area contributed by atoms with Gasteiger partial charge in [0.1, 0.15) is 0 Å². The van der Waals surface area contributed by atoms with Crippen molar-refractivity contribution in [3.8, 4) is 0 Å². The number of Topliss-reactive ketones (excluding diaryl/α,β-unsaturated/α-hetero) is 1. The van der Waals surface area contributed by atoms with Gasteiger partial charge in [-0.1, -0.05) is 60.1 Å². The molecule has 3 rings (SSSR count). The first-order valence-electron chi connectivity index (χ1n) is 10.5. The summed E-state index contributed by atoms with van der Waals surface area (Å²) < 4.78 is 0. The molecule has 2 atom stereocenters. The fraction of sp³-hybridized carbons (Fsp3) is 0.417. The number of amides is 1. The molecular weight excluding hydrogens is 398 g/mol. The fourth-order valence-electron chi connectivity index (χ4n) is 3.91. The number of rotatable bonds is 8. The molecule has 0 bridgehead atoms. The monoisotopic (exact) mass is 427 g/mol. The highest BCUT2D eigenvalue weighted by Crippen LogP contribution is 2.27. The number of ketones is 1. The molecule has 6 heteroatoms. The van der Waals surface area contributed by atoms with E-state index in [2.05, 4.69) is 28.1 Å². The Hall–Kier alpha value is -2.21. The highest BCUT2D eigenvalue weighted by Gasteiger charge is 2.25. The summed E-state index contributed by atoms with van der Waals surface area (Å²) >= 11 is 6.35. The lowest BCUT2D eigenvalue weighted by Gasteiger charge is -2.38. The molecule has 0 saturated carbocycles. The molecule has 1 N–H and O–H groups in total. The molecule has 2 unspecified atom stereocenters. The molecule has 1 fully saturated rings. The summed E-state index contributed by atoms with van der Waals surface area (Å²) in [6.07, 6.45) is 0.519. The summed E-state index contributed by atoms with van der Waals surface area (Å²) in [5.41, 5.74) is 2.18. The highest BCUT2D eigenvalue weighted by molar-refractivity contribution is 6.31. The molecule has 1 aliphatic heterocycles. The minimum absolute atomic E-state index is 0.0226. The van der Waals surface area contributed by atoms with Crippen LogP contribution in [-0.4, -0.2) is 60.3 Å². The van der Waals surface area contributed by atoms with Gasteiger partial charge < -0.3 is 5.32 Å². The molecule has 1 heterocycles. The van der Waals surface area contributed by atoms with Gasteiger partial charge in [0.2, 0.25) is 5.91 Å². The number of nitrogens with zero attached hydrogens (tertiary/aromatic N) is 2. The zero-order valence-electron chi connectivity index (χ0n) is 17.7. The molecule has 0 spiro atoms. The zero-order valence-corrected chi connectivity index (χ0v) is 18.4. The van der Waals surface area contributed by atoms with Gasteiger partial charge in [0.15, 0.2) is 5.78 Å². The molecule has 2 aromatic rings. The van der Waals surface area contributed by atoms with E-state index >= 15 is 0 Å². The van der Waals surface area contributed by atoms with Crippen molar-refractivity contribution in [3.05, 3.63) is 70.7 Å². The second kappa shape index (κ2) is 10.7. The van der Waals surface area contributed by atoms with Crippen LogP contribution >= 0.6 is 11.6 Å². The summed E-state index contributed by atoms with van der Waals surface area (Å²) in [6.45, 7) is 7.39. The van der Waals surface area contributed by atoms with Crippen LogP contribution in [0.5, 0.6) is 0 Å². The number of piperazine rings is 1. The number of nitrogens with one attached hydrogen (secondary N) is 1. The topological polar surface area (TPSA) is 52.7 Å². The van der Waals surface area contributed by atoms with Crippen molar-refractivity contribution in [3.63, 3.8) is 0 Å². The minimum atomic E-state index is -0.485. The Morgan fingerprint density at radius 3 is 2.27 bits per heavy atom. The molecule has 5 nitrogen and oxygen atoms in total.